The molecule has 0 saturated carbocycles. The summed E-state index contributed by atoms with van der Waals surface area (Å²) < 4.78 is 5.31. The normalized spacial score (nSPS) is 19.9. The molecule has 7 heteroatoms. The molecule has 170 valence electrons. The minimum Gasteiger partial charge on any atom is -0.463 e. The number of urea groups is 1. The second-order valence-electron chi connectivity index (χ2n) is 8.98. The van der Waals surface area contributed by atoms with Gasteiger partial charge in [-0.2, -0.15) is 0 Å². The van der Waals surface area contributed by atoms with Crippen LogP contribution in [0.25, 0.3) is 0 Å². The largest absolute Gasteiger partial charge is 0.463 e. The molecule has 2 saturated heterocycles. The number of likely N-dealkylation sites (tertiary alicyclic amines) is 2. The van der Waals surface area contributed by atoms with Gasteiger partial charge in [0.25, 0.3) is 0 Å². The molecule has 7 nitrogen and oxygen atoms in total. The number of aryl methyl sites for hydroxylation is 1. The highest BCUT2D eigenvalue weighted by molar-refractivity contribution is 5.82. The molecule has 31 heavy (non-hydrogen) atoms. The lowest BCUT2D eigenvalue weighted by Crippen LogP contribution is -2.50. The Morgan fingerprint density at radius 1 is 1.03 bits per heavy atom. The molecule has 0 aromatic heterocycles. The third kappa shape index (κ3) is 6.45. The quantitative estimate of drug-likeness (QED) is 0.703. The Hall–Kier alpha value is -2.57. The van der Waals surface area contributed by atoms with Crippen LogP contribution in [0.15, 0.2) is 24.3 Å². The molecule has 0 radical (unpaired) electrons. The van der Waals surface area contributed by atoms with E-state index in [1.54, 1.807) is 0 Å². The van der Waals surface area contributed by atoms with Gasteiger partial charge in [-0.15, -0.1) is 0 Å². The van der Waals surface area contributed by atoms with Crippen LogP contribution < -0.4 is 5.32 Å². The maximum atomic E-state index is 13.1. The van der Waals surface area contributed by atoms with E-state index in [4.69, 9.17) is 4.74 Å². The molecule has 2 aliphatic heterocycles. The SMILES string of the molecule is Cc1ccc([C@@H](CC(=O)OC(C)C)NC(=O)[C@H]2CCCN(C(=O)N3CCCC3)C2)cc1. The molecule has 0 spiro atoms. The van der Waals surface area contributed by atoms with Crippen LogP contribution in [0, 0.1) is 12.8 Å². The van der Waals surface area contributed by atoms with Crippen LogP contribution in [0.3, 0.4) is 0 Å². The van der Waals surface area contributed by atoms with E-state index >= 15 is 0 Å². The summed E-state index contributed by atoms with van der Waals surface area (Å²) in [6, 6.07) is 7.41. The van der Waals surface area contributed by atoms with E-state index in [1.165, 1.54) is 0 Å². The van der Waals surface area contributed by atoms with Crippen molar-refractivity contribution in [1.29, 1.82) is 0 Å². The van der Waals surface area contributed by atoms with E-state index in [1.807, 2.05) is 54.8 Å². The van der Waals surface area contributed by atoms with Crippen molar-refractivity contribution in [3.8, 4) is 0 Å². The fourth-order valence-electron chi connectivity index (χ4n) is 4.29. The van der Waals surface area contributed by atoms with E-state index < -0.39 is 6.04 Å². The Morgan fingerprint density at radius 2 is 1.68 bits per heavy atom. The number of nitrogens with zero attached hydrogens (tertiary/aromatic N) is 2. The number of rotatable bonds is 6. The minimum absolute atomic E-state index is 0.0468. The summed E-state index contributed by atoms with van der Waals surface area (Å²) in [5.74, 6) is -0.716. The van der Waals surface area contributed by atoms with E-state index in [-0.39, 0.29) is 36.4 Å². The van der Waals surface area contributed by atoms with Crippen molar-refractivity contribution < 1.29 is 19.1 Å². The van der Waals surface area contributed by atoms with Gasteiger partial charge >= 0.3 is 12.0 Å². The number of hydrogen-bond donors (Lipinski definition) is 1. The Bertz CT molecular complexity index is 772. The van der Waals surface area contributed by atoms with Crippen LogP contribution in [-0.2, 0) is 14.3 Å². The van der Waals surface area contributed by atoms with Gasteiger partial charge in [0.15, 0.2) is 0 Å². The smallest absolute Gasteiger partial charge is 0.320 e. The Labute approximate surface area is 185 Å². The first-order chi connectivity index (χ1) is 14.8. The lowest BCUT2D eigenvalue weighted by atomic mass is 9.95. The zero-order valence-electron chi connectivity index (χ0n) is 18.9. The lowest BCUT2D eigenvalue weighted by molar-refractivity contribution is -0.148. The highest BCUT2D eigenvalue weighted by Crippen LogP contribution is 2.23. The number of benzene rings is 1. The molecule has 2 aliphatic rings. The Balaban J connectivity index is 1.66. The molecule has 1 aromatic rings. The number of nitrogens with one attached hydrogen (secondary N) is 1. The first-order valence-electron chi connectivity index (χ1n) is 11.4. The highest BCUT2D eigenvalue weighted by atomic mass is 16.5. The fourth-order valence-corrected chi connectivity index (χ4v) is 4.29. The Kier molecular flexibility index (Phi) is 7.93. The fraction of sp³-hybridized carbons (Fsp3) is 0.625. The first kappa shape index (κ1) is 23.1. The summed E-state index contributed by atoms with van der Waals surface area (Å²) in [7, 11) is 0. The van der Waals surface area contributed by atoms with E-state index in [0.717, 1.165) is 49.9 Å². The number of hydrogen-bond acceptors (Lipinski definition) is 4. The minimum atomic E-state index is -0.455. The second kappa shape index (κ2) is 10.6. The molecule has 2 heterocycles. The summed E-state index contributed by atoms with van der Waals surface area (Å²) in [5, 5.41) is 3.06. The Morgan fingerprint density at radius 3 is 2.32 bits per heavy atom. The molecule has 0 bridgehead atoms. The standard InChI is InChI=1S/C24H35N3O4/c1-17(2)31-22(28)15-21(19-10-8-18(3)9-11-19)25-23(29)20-7-6-14-27(16-20)24(30)26-12-4-5-13-26/h8-11,17,20-21H,4-7,12-16H2,1-3H3,(H,25,29)/t20-,21+/m0/s1. The van der Waals surface area contributed by atoms with Gasteiger partial charge in [-0.1, -0.05) is 29.8 Å². The van der Waals surface area contributed by atoms with Crippen LogP contribution >= 0.6 is 0 Å². The van der Waals surface area contributed by atoms with Crippen molar-refractivity contribution in [1.82, 2.24) is 15.1 Å². The van der Waals surface area contributed by atoms with Gasteiger partial charge in [0.05, 0.1) is 24.5 Å². The molecule has 3 rings (SSSR count). The summed E-state index contributed by atoms with van der Waals surface area (Å²) in [6.45, 7) is 8.36. The number of carbonyl (C=O) groups excluding carboxylic acids is 3. The van der Waals surface area contributed by atoms with E-state index in [2.05, 4.69) is 5.32 Å². The highest BCUT2D eigenvalue weighted by Gasteiger charge is 2.32. The van der Waals surface area contributed by atoms with Gasteiger partial charge in [-0.3, -0.25) is 9.59 Å². The number of carbonyl (C=O) groups is 3. The predicted molar refractivity (Wildman–Crippen MR) is 118 cm³/mol. The first-order valence-corrected chi connectivity index (χ1v) is 11.4. The van der Waals surface area contributed by atoms with Gasteiger partial charge in [-0.05, 0) is 52.0 Å². The molecule has 0 aliphatic carbocycles. The van der Waals surface area contributed by atoms with Gasteiger partial charge in [-0.25, -0.2) is 4.79 Å². The number of esters is 1. The lowest BCUT2D eigenvalue weighted by Gasteiger charge is -2.35. The second-order valence-corrected chi connectivity index (χ2v) is 8.98. The maximum absolute atomic E-state index is 13.1. The van der Waals surface area contributed by atoms with Crippen molar-refractivity contribution in [3.05, 3.63) is 35.4 Å². The van der Waals surface area contributed by atoms with Crippen LogP contribution in [0.2, 0.25) is 0 Å². The summed E-state index contributed by atoms with van der Waals surface area (Å²) in [6.07, 6.45) is 3.53. The van der Waals surface area contributed by atoms with Gasteiger partial charge < -0.3 is 19.9 Å². The van der Waals surface area contributed by atoms with Crippen molar-refractivity contribution in [2.24, 2.45) is 5.92 Å². The van der Waals surface area contributed by atoms with Crippen molar-refractivity contribution in [2.75, 3.05) is 26.2 Å². The number of ether oxygens (including phenoxy) is 1. The molecule has 0 unspecified atom stereocenters. The summed E-state index contributed by atoms with van der Waals surface area (Å²) >= 11 is 0. The summed E-state index contributed by atoms with van der Waals surface area (Å²) in [5.41, 5.74) is 1.99. The van der Waals surface area contributed by atoms with Gasteiger partial charge in [0.2, 0.25) is 5.91 Å². The topological polar surface area (TPSA) is 79.0 Å². The zero-order valence-corrected chi connectivity index (χ0v) is 18.9. The molecule has 1 aromatic carbocycles. The van der Waals surface area contributed by atoms with E-state index in [0.29, 0.717) is 13.1 Å². The number of amides is 3. The molecule has 2 atom stereocenters. The van der Waals surface area contributed by atoms with Crippen molar-refractivity contribution in [2.45, 2.75) is 65.0 Å². The third-order valence-electron chi connectivity index (χ3n) is 5.97. The maximum Gasteiger partial charge on any atom is 0.320 e. The molecule has 3 amide bonds. The van der Waals surface area contributed by atoms with Crippen LogP contribution in [0.1, 0.15) is 63.1 Å². The monoisotopic (exact) mass is 429 g/mol. The van der Waals surface area contributed by atoms with E-state index in [9.17, 15) is 14.4 Å². The third-order valence-corrected chi connectivity index (χ3v) is 5.97. The zero-order chi connectivity index (χ0) is 22.4. The molecule has 2 fully saturated rings. The summed E-state index contributed by atoms with van der Waals surface area (Å²) in [4.78, 5) is 41.9. The van der Waals surface area contributed by atoms with Crippen LogP contribution in [0.4, 0.5) is 4.79 Å². The van der Waals surface area contributed by atoms with Crippen molar-refractivity contribution in [3.63, 3.8) is 0 Å². The molecular weight excluding hydrogens is 394 g/mol. The molecular formula is C24H35N3O4. The average molecular weight is 430 g/mol. The number of piperidine rings is 1. The van der Waals surface area contributed by atoms with Gasteiger partial charge in [0.1, 0.15) is 0 Å². The van der Waals surface area contributed by atoms with Gasteiger partial charge in [0, 0.05) is 26.2 Å². The van der Waals surface area contributed by atoms with Crippen LogP contribution in [-0.4, -0.2) is 60.0 Å². The predicted octanol–water partition coefficient (Wildman–Crippen LogP) is 3.42. The van der Waals surface area contributed by atoms with Crippen LogP contribution in [0.5, 0.6) is 0 Å². The van der Waals surface area contributed by atoms with Crippen molar-refractivity contribution >= 4 is 17.9 Å². The average Bonchev–Trinajstić information content (AvgIpc) is 3.27. The molecule has 1 N–H and O–H groups in total.